The van der Waals surface area contributed by atoms with Crippen molar-refractivity contribution in [1.82, 2.24) is 4.90 Å². The first-order valence-electron chi connectivity index (χ1n) is 8.88. The molecule has 6 nitrogen and oxygen atoms in total. The number of rotatable bonds is 2. The van der Waals surface area contributed by atoms with E-state index in [9.17, 15) is 0 Å². The van der Waals surface area contributed by atoms with E-state index in [1.807, 2.05) is 48.5 Å². The minimum absolute atomic E-state index is 0.122. The molecule has 0 amide bonds. The van der Waals surface area contributed by atoms with Gasteiger partial charge in [0.15, 0.2) is 0 Å². The van der Waals surface area contributed by atoms with Gasteiger partial charge >= 0.3 is 0 Å². The molecule has 26 heavy (non-hydrogen) atoms. The third-order valence-corrected chi connectivity index (χ3v) is 5.92. The van der Waals surface area contributed by atoms with Gasteiger partial charge in [-0.2, -0.15) is 0 Å². The third kappa shape index (κ3) is 2.01. The molecule has 4 N–H and O–H groups in total. The fourth-order valence-electron chi connectivity index (χ4n) is 4.45. The lowest BCUT2D eigenvalue weighted by molar-refractivity contribution is -0.138. The van der Waals surface area contributed by atoms with Crippen molar-refractivity contribution in [3.63, 3.8) is 0 Å². The molecule has 3 saturated heterocycles. The van der Waals surface area contributed by atoms with Gasteiger partial charge in [0.05, 0.1) is 6.61 Å². The summed E-state index contributed by atoms with van der Waals surface area (Å²) in [6, 6.07) is 15.6. The molecule has 0 radical (unpaired) electrons. The maximum atomic E-state index is 6.64. The van der Waals surface area contributed by atoms with Crippen molar-refractivity contribution in [2.45, 2.75) is 43.7 Å². The first-order chi connectivity index (χ1) is 12.4. The van der Waals surface area contributed by atoms with Gasteiger partial charge in [-0.25, -0.2) is 4.90 Å². The lowest BCUT2D eigenvalue weighted by Gasteiger charge is -2.33. The Morgan fingerprint density at radius 1 is 0.808 bits per heavy atom. The highest BCUT2D eigenvalue weighted by atomic mass is 16.7. The van der Waals surface area contributed by atoms with Crippen LogP contribution in [0.15, 0.2) is 48.5 Å². The van der Waals surface area contributed by atoms with Crippen molar-refractivity contribution in [2.75, 3.05) is 18.1 Å². The molecule has 3 fully saturated rings. The zero-order chi connectivity index (χ0) is 18.1. The molecule has 0 bridgehead atoms. The maximum Gasteiger partial charge on any atom is 0.149 e. The van der Waals surface area contributed by atoms with Gasteiger partial charge in [0, 0.05) is 11.4 Å². The summed E-state index contributed by atoms with van der Waals surface area (Å²) in [4.78, 5) is 2.21. The Morgan fingerprint density at radius 3 is 1.85 bits per heavy atom. The van der Waals surface area contributed by atoms with Gasteiger partial charge in [0.25, 0.3) is 0 Å². The van der Waals surface area contributed by atoms with Crippen LogP contribution in [-0.4, -0.2) is 30.2 Å². The van der Waals surface area contributed by atoms with Gasteiger partial charge in [-0.1, -0.05) is 24.3 Å². The summed E-state index contributed by atoms with van der Waals surface area (Å²) in [7, 11) is 0. The number of ether oxygens (including phenoxy) is 3. The van der Waals surface area contributed by atoms with E-state index in [2.05, 4.69) is 18.7 Å². The van der Waals surface area contributed by atoms with Gasteiger partial charge in [-0.05, 0) is 49.2 Å². The van der Waals surface area contributed by atoms with E-state index in [0.717, 1.165) is 22.5 Å². The zero-order valence-corrected chi connectivity index (χ0v) is 14.9. The second-order valence-electron chi connectivity index (χ2n) is 7.63. The zero-order valence-electron chi connectivity index (χ0n) is 14.9. The summed E-state index contributed by atoms with van der Waals surface area (Å²) in [5, 5.41) is 0. The molecule has 6 heteroatoms. The smallest absolute Gasteiger partial charge is 0.149 e. The monoisotopic (exact) mass is 353 g/mol. The minimum Gasteiger partial charge on any atom is -0.399 e. The molecular formula is C20H23N3O3. The molecule has 0 saturated carbocycles. The quantitative estimate of drug-likeness (QED) is 0.807. The van der Waals surface area contributed by atoms with Crippen LogP contribution in [-0.2, 0) is 25.4 Å². The van der Waals surface area contributed by atoms with E-state index >= 15 is 0 Å². The SMILES string of the molecule is C[C@]1(c2ccc(N)cc2)O[C@H]2CO[C@@H]3N2[C@H]1O[C@]3(C)c1ccc(N)cc1. The number of nitrogen functional groups attached to an aromatic ring is 2. The molecule has 2 aromatic rings. The van der Waals surface area contributed by atoms with Crippen molar-refractivity contribution in [2.24, 2.45) is 0 Å². The largest absolute Gasteiger partial charge is 0.399 e. The second-order valence-corrected chi connectivity index (χ2v) is 7.63. The van der Waals surface area contributed by atoms with Gasteiger partial charge < -0.3 is 25.7 Å². The molecule has 0 unspecified atom stereocenters. The summed E-state index contributed by atoms with van der Waals surface area (Å²) >= 11 is 0. The Kier molecular flexibility index (Phi) is 3.22. The Morgan fingerprint density at radius 2 is 1.31 bits per heavy atom. The number of hydrogen-bond acceptors (Lipinski definition) is 6. The van der Waals surface area contributed by atoms with Gasteiger partial charge in [-0.15, -0.1) is 0 Å². The van der Waals surface area contributed by atoms with Crippen LogP contribution in [0.4, 0.5) is 11.4 Å². The molecule has 3 aliphatic heterocycles. The molecule has 0 aromatic heterocycles. The molecule has 5 rings (SSSR count). The van der Waals surface area contributed by atoms with Crippen LogP contribution >= 0.6 is 0 Å². The molecule has 3 aliphatic rings. The van der Waals surface area contributed by atoms with Gasteiger partial charge in [0.1, 0.15) is 29.9 Å². The first kappa shape index (κ1) is 16.1. The molecule has 136 valence electrons. The van der Waals surface area contributed by atoms with E-state index in [-0.39, 0.29) is 18.7 Å². The molecule has 5 atom stereocenters. The predicted molar refractivity (Wildman–Crippen MR) is 97.7 cm³/mol. The van der Waals surface area contributed by atoms with E-state index in [1.54, 1.807) is 0 Å². The van der Waals surface area contributed by atoms with E-state index in [1.165, 1.54) is 0 Å². The number of nitrogens with zero attached hydrogens (tertiary/aromatic N) is 1. The average Bonchev–Trinajstić information content (AvgIpc) is 3.25. The van der Waals surface area contributed by atoms with Crippen LogP contribution in [0.5, 0.6) is 0 Å². The highest BCUT2D eigenvalue weighted by Gasteiger charge is 2.68. The summed E-state index contributed by atoms with van der Waals surface area (Å²) < 4.78 is 19.1. The first-order valence-corrected chi connectivity index (χ1v) is 8.88. The summed E-state index contributed by atoms with van der Waals surface area (Å²) in [6.07, 6.45) is -0.564. The second kappa shape index (κ2) is 5.20. The van der Waals surface area contributed by atoms with Crippen molar-refractivity contribution in [3.8, 4) is 0 Å². The van der Waals surface area contributed by atoms with E-state index in [0.29, 0.717) is 6.61 Å². The highest BCUT2D eigenvalue weighted by Crippen LogP contribution is 2.55. The lowest BCUT2D eigenvalue weighted by Crippen LogP contribution is -2.40. The average molecular weight is 353 g/mol. The van der Waals surface area contributed by atoms with Crippen LogP contribution in [0.25, 0.3) is 0 Å². The summed E-state index contributed by atoms with van der Waals surface area (Å²) in [5.41, 5.74) is 14.1. The van der Waals surface area contributed by atoms with E-state index < -0.39 is 11.2 Å². The standard InChI is InChI=1S/C20H23N3O3/c1-19(12-3-7-14(21)8-4-12)17-23-16(11-24-17)25-20(2,18(23)26-19)13-5-9-15(22)10-6-13/h3-10,16-18H,11,21-22H2,1-2H3/t16-,17-,18-,19+,20+/m0/s1. The van der Waals surface area contributed by atoms with Crippen LogP contribution < -0.4 is 11.5 Å². The van der Waals surface area contributed by atoms with Crippen molar-refractivity contribution >= 4 is 11.4 Å². The van der Waals surface area contributed by atoms with Crippen LogP contribution in [0.2, 0.25) is 0 Å². The van der Waals surface area contributed by atoms with Crippen LogP contribution in [0.3, 0.4) is 0 Å². The molecule has 3 heterocycles. The van der Waals surface area contributed by atoms with Crippen LogP contribution in [0, 0.1) is 0 Å². The molecule has 2 aromatic carbocycles. The summed E-state index contributed by atoms with van der Waals surface area (Å²) in [5.74, 6) is 0. The summed E-state index contributed by atoms with van der Waals surface area (Å²) in [6.45, 7) is 4.68. The molecule has 0 aliphatic carbocycles. The van der Waals surface area contributed by atoms with Crippen molar-refractivity contribution in [1.29, 1.82) is 0 Å². The number of nitrogens with two attached hydrogens (primary N) is 2. The van der Waals surface area contributed by atoms with Crippen molar-refractivity contribution in [3.05, 3.63) is 59.7 Å². The van der Waals surface area contributed by atoms with Gasteiger partial charge in [-0.3, -0.25) is 0 Å². The molecular weight excluding hydrogens is 330 g/mol. The predicted octanol–water partition coefficient (Wildman–Crippen LogP) is 2.35. The topological polar surface area (TPSA) is 83.0 Å². The molecule has 0 spiro atoms. The van der Waals surface area contributed by atoms with Crippen LogP contribution in [0.1, 0.15) is 25.0 Å². The Hall–Kier alpha value is -2.12. The fourth-order valence-corrected chi connectivity index (χ4v) is 4.45. The number of anilines is 2. The fraction of sp³-hybridized carbons (Fsp3) is 0.400. The minimum atomic E-state index is -0.591. The third-order valence-electron chi connectivity index (χ3n) is 5.92. The Bertz CT molecular complexity index is 795. The number of benzene rings is 2. The highest BCUT2D eigenvalue weighted by molar-refractivity contribution is 5.43. The Balaban J connectivity index is 1.56. The Labute approximate surface area is 152 Å². The van der Waals surface area contributed by atoms with Crippen molar-refractivity contribution < 1.29 is 14.2 Å². The van der Waals surface area contributed by atoms with E-state index in [4.69, 9.17) is 25.7 Å². The maximum absolute atomic E-state index is 6.64. The normalized spacial score (nSPS) is 38.6. The lowest BCUT2D eigenvalue weighted by atomic mass is 9.93. The van der Waals surface area contributed by atoms with Gasteiger partial charge in [0.2, 0.25) is 0 Å². The number of hydrogen-bond donors (Lipinski definition) is 2.